The van der Waals surface area contributed by atoms with Crippen molar-refractivity contribution in [3.63, 3.8) is 0 Å². The Hall–Kier alpha value is -2.94. The molecule has 39 heavy (non-hydrogen) atoms. The molecule has 220 valence electrons. The van der Waals surface area contributed by atoms with Crippen molar-refractivity contribution in [3.8, 4) is 11.5 Å². The van der Waals surface area contributed by atoms with Crippen molar-refractivity contribution in [2.45, 2.75) is 106 Å². The highest BCUT2D eigenvalue weighted by atomic mass is 16.6. The molecule has 0 radical (unpaired) electrons. The summed E-state index contributed by atoms with van der Waals surface area (Å²) in [6, 6.07) is 4.11. The third kappa shape index (κ3) is 11.0. The maximum atomic E-state index is 12.9. The van der Waals surface area contributed by atoms with Gasteiger partial charge in [0.05, 0.1) is 17.9 Å². The fourth-order valence-corrected chi connectivity index (χ4v) is 3.18. The summed E-state index contributed by atoms with van der Waals surface area (Å²) >= 11 is 0. The lowest BCUT2D eigenvalue weighted by Gasteiger charge is -2.24. The molecule has 9 nitrogen and oxygen atoms in total. The van der Waals surface area contributed by atoms with Gasteiger partial charge < -0.3 is 24.3 Å². The first-order valence-corrected chi connectivity index (χ1v) is 13.8. The van der Waals surface area contributed by atoms with Crippen LogP contribution in [0.5, 0.6) is 11.5 Å². The van der Waals surface area contributed by atoms with Crippen LogP contribution in [0.4, 0.5) is 0 Å². The average Bonchev–Trinajstić information content (AvgIpc) is 2.90. The standard InChI is InChI=1S/C30H47NO8/c1-10-13-14-25(32)37-20(4)19-31-22(26(33)36-9)17-21-15-16-23(38-27(34)29(5,6)11-2)24(18-21)39-28(35)30(7,8)12-3/h15-16,18,20,22,31H,10-14,17,19H2,1-9H3/t20?,22-/m0/s1. The van der Waals surface area contributed by atoms with Crippen LogP contribution in [0, 0.1) is 10.8 Å². The number of rotatable bonds is 16. The molecule has 2 atom stereocenters. The van der Waals surface area contributed by atoms with Crippen LogP contribution < -0.4 is 14.8 Å². The molecule has 0 aliphatic rings. The van der Waals surface area contributed by atoms with Gasteiger partial charge in [-0.1, -0.05) is 33.3 Å². The van der Waals surface area contributed by atoms with Gasteiger partial charge >= 0.3 is 23.9 Å². The van der Waals surface area contributed by atoms with Crippen molar-refractivity contribution >= 4 is 23.9 Å². The zero-order chi connectivity index (χ0) is 29.8. The summed E-state index contributed by atoms with van der Waals surface area (Å²) in [6.45, 7) is 14.9. The van der Waals surface area contributed by atoms with Crippen molar-refractivity contribution in [2.75, 3.05) is 13.7 Å². The minimum Gasteiger partial charge on any atom is -0.468 e. The molecule has 1 aromatic carbocycles. The lowest BCUT2D eigenvalue weighted by atomic mass is 9.90. The summed E-state index contributed by atoms with van der Waals surface area (Å²) in [5, 5.41) is 3.10. The Morgan fingerprint density at radius 2 is 1.46 bits per heavy atom. The van der Waals surface area contributed by atoms with E-state index in [1.165, 1.54) is 7.11 Å². The number of hydrogen-bond donors (Lipinski definition) is 1. The number of carbonyl (C=O) groups excluding carboxylic acids is 4. The Kier molecular flexibility index (Phi) is 13.6. The minimum atomic E-state index is -0.755. The summed E-state index contributed by atoms with van der Waals surface area (Å²) in [7, 11) is 1.29. The Morgan fingerprint density at radius 3 is 1.97 bits per heavy atom. The molecular formula is C30H47NO8. The van der Waals surface area contributed by atoms with Crippen LogP contribution in [-0.4, -0.2) is 49.7 Å². The van der Waals surface area contributed by atoms with Gasteiger partial charge in [-0.3, -0.25) is 19.2 Å². The van der Waals surface area contributed by atoms with Gasteiger partial charge in [-0.25, -0.2) is 0 Å². The van der Waals surface area contributed by atoms with E-state index < -0.39 is 40.9 Å². The summed E-state index contributed by atoms with van der Waals surface area (Å²) < 4.78 is 21.7. The topological polar surface area (TPSA) is 117 Å². The summed E-state index contributed by atoms with van der Waals surface area (Å²) in [5.41, 5.74) is -0.822. The SMILES string of the molecule is CCCCC(=O)OC(C)CN[C@@H](Cc1ccc(OC(=O)C(C)(C)CC)c(OC(=O)C(C)(C)CC)c1)C(=O)OC. The van der Waals surface area contributed by atoms with E-state index in [-0.39, 0.29) is 30.4 Å². The molecule has 0 spiro atoms. The van der Waals surface area contributed by atoms with Crippen LogP contribution in [0.25, 0.3) is 0 Å². The molecule has 1 N–H and O–H groups in total. The maximum Gasteiger partial charge on any atom is 0.323 e. The number of nitrogens with one attached hydrogen (secondary N) is 1. The molecule has 0 heterocycles. The predicted octanol–water partition coefficient (Wildman–Crippen LogP) is 5.17. The second-order valence-electron chi connectivity index (χ2n) is 11.1. The molecule has 1 unspecified atom stereocenters. The molecule has 0 aliphatic carbocycles. The number of methoxy groups -OCH3 is 1. The highest BCUT2D eigenvalue weighted by molar-refractivity contribution is 5.81. The van der Waals surface area contributed by atoms with E-state index in [9.17, 15) is 19.2 Å². The predicted molar refractivity (Wildman–Crippen MR) is 148 cm³/mol. The highest BCUT2D eigenvalue weighted by Crippen LogP contribution is 2.34. The van der Waals surface area contributed by atoms with Gasteiger partial charge in [-0.2, -0.15) is 0 Å². The van der Waals surface area contributed by atoms with Gasteiger partial charge in [0.25, 0.3) is 0 Å². The molecule has 1 aromatic rings. The maximum absolute atomic E-state index is 12.9. The van der Waals surface area contributed by atoms with Crippen LogP contribution in [0.2, 0.25) is 0 Å². The zero-order valence-electron chi connectivity index (χ0n) is 25.1. The van der Waals surface area contributed by atoms with Crippen molar-refractivity contribution in [2.24, 2.45) is 10.8 Å². The van der Waals surface area contributed by atoms with Crippen LogP contribution in [-0.2, 0) is 35.1 Å². The highest BCUT2D eigenvalue weighted by Gasteiger charge is 2.32. The Labute approximate surface area is 233 Å². The van der Waals surface area contributed by atoms with Crippen molar-refractivity contribution in [3.05, 3.63) is 23.8 Å². The summed E-state index contributed by atoms with van der Waals surface area (Å²) in [5.74, 6) is -1.46. The number of unbranched alkanes of at least 4 members (excludes halogenated alkanes) is 1. The molecular weight excluding hydrogens is 502 g/mol. The lowest BCUT2D eigenvalue weighted by molar-refractivity contribution is -0.148. The second-order valence-corrected chi connectivity index (χ2v) is 11.1. The van der Waals surface area contributed by atoms with Crippen molar-refractivity contribution < 1.29 is 38.1 Å². The molecule has 1 rings (SSSR count). The molecule has 0 aromatic heterocycles. The van der Waals surface area contributed by atoms with E-state index in [1.54, 1.807) is 52.8 Å². The summed E-state index contributed by atoms with van der Waals surface area (Å²) in [4.78, 5) is 50.1. The number of esters is 4. The van der Waals surface area contributed by atoms with E-state index in [4.69, 9.17) is 18.9 Å². The fourth-order valence-electron chi connectivity index (χ4n) is 3.18. The molecule has 0 saturated carbocycles. The Bertz CT molecular complexity index is 985. The minimum absolute atomic E-state index is 0.0983. The summed E-state index contributed by atoms with van der Waals surface area (Å²) in [6.07, 6.45) is 2.88. The van der Waals surface area contributed by atoms with E-state index in [2.05, 4.69) is 5.32 Å². The number of ether oxygens (including phenoxy) is 4. The normalized spacial score (nSPS) is 13.3. The van der Waals surface area contributed by atoms with E-state index in [0.29, 0.717) is 24.8 Å². The third-order valence-electron chi connectivity index (χ3n) is 6.93. The fraction of sp³-hybridized carbons (Fsp3) is 0.667. The van der Waals surface area contributed by atoms with E-state index in [0.717, 1.165) is 12.8 Å². The zero-order valence-corrected chi connectivity index (χ0v) is 25.1. The first kappa shape index (κ1) is 34.1. The first-order valence-electron chi connectivity index (χ1n) is 13.8. The van der Waals surface area contributed by atoms with Gasteiger partial charge in [0, 0.05) is 13.0 Å². The van der Waals surface area contributed by atoms with Gasteiger partial charge in [0.1, 0.15) is 12.1 Å². The van der Waals surface area contributed by atoms with Gasteiger partial charge in [-0.05, 0) is 78.0 Å². The van der Waals surface area contributed by atoms with Crippen LogP contribution in [0.15, 0.2) is 18.2 Å². The van der Waals surface area contributed by atoms with Crippen LogP contribution in [0.3, 0.4) is 0 Å². The van der Waals surface area contributed by atoms with E-state index in [1.807, 2.05) is 20.8 Å². The largest absolute Gasteiger partial charge is 0.468 e. The van der Waals surface area contributed by atoms with Crippen molar-refractivity contribution in [1.82, 2.24) is 5.32 Å². The Morgan fingerprint density at radius 1 is 0.897 bits per heavy atom. The van der Waals surface area contributed by atoms with Crippen LogP contribution >= 0.6 is 0 Å². The number of hydrogen-bond acceptors (Lipinski definition) is 9. The van der Waals surface area contributed by atoms with E-state index >= 15 is 0 Å². The number of carbonyl (C=O) groups is 4. The average molecular weight is 550 g/mol. The lowest BCUT2D eigenvalue weighted by Crippen LogP contribution is -2.43. The van der Waals surface area contributed by atoms with Gasteiger partial charge in [-0.15, -0.1) is 0 Å². The quantitative estimate of drug-likeness (QED) is 0.220. The Balaban J connectivity index is 3.18. The van der Waals surface area contributed by atoms with Crippen LogP contribution in [0.1, 0.15) is 93.1 Å². The van der Waals surface area contributed by atoms with Crippen molar-refractivity contribution in [1.29, 1.82) is 0 Å². The third-order valence-corrected chi connectivity index (χ3v) is 6.93. The first-order chi connectivity index (χ1) is 18.2. The number of benzene rings is 1. The molecule has 9 heteroatoms. The van der Waals surface area contributed by atoms with Gasteiger partial charge in [0.15, 0.2) is 11.5 Å². The molecule has 0 fully saturated rings. The monoisotopic (exact) mass is 549 g/mol. The smallest absolute Gasteiger partial charge is 0.323 e. The van der Waals surface area contributed by atoms with Gasteiger partial charge in [0.2, 0.25) is 0 Å². The second kappa shape index (κ2) is 15.6. The molecule has 0 saturated heterocycles. The molecule has 0 aliphatic heterocycles. The molecule has 0 bridgehead atoms. The molecule has 0 amide bonds.